The summed E-state index contributed by atoms with van der Waals surface area (Å²) in [6, 6.07) is 1.83. The Morgan fingerprint density at radius 1 is 1.32 bits per heavy atom. The Balaban J connectivity index is 1.87. The molecule has 0 spiro atoms. The SMILES string of the molecule is CCCc1nc(Cl)cc(N2CCn3ccnc3C2)n1. The molecule has 0 unspecified atom stereocenters. The number of rotatable bonds is 3. The first-order chi connectivity index (χ1) is 9.26. The number of halogens is 1. The molecule has 2 aromatic heterocycles. The van der Waals surface area contributed by atoms with Crippen LogP contribution in [0.15, 0.2) is 18.5 Å². The van der Waals surface area contributed by atoms with Crippen molar-refractivity contribution in [2.24, 2.45) is 0 Å². The van der Waals surface area contributed by atoms with Crippen molar-refractivity contribution in [3.8, 4) is 0 Å². The summed E-state index contributed by atoms with van der Waals surface area (Å²) in [5.41, 5.74) is 0. The smallest absolute Gasteiger partial charge is 0.134 e. The van der Waals surface area contributed by atoms with Crippen molar-refractivity contribution >= 4 is 17.4 Å². The zero-order valence-electron chi connectivity index (χ0n) is 10.9. The van der Waals surface area contributed by atoms with E-state index in [0.717, 1.165) is 49.9 Å². The van der Waals surface area contributed by atoms with Gasteiger partial charge in [-0.25, -0.2) is 15.0 Å². The molecule has 0 saturated carbocycles. The van der Waals surface area contributed by atoms with Crippen molar-refractivity contribution in [3.05, 3.63) is 35.3 Å². The van der Waals surface area contributed by atoms with Gasteiger partial charge in [0.1, 0.15) is 22.6 Å². The molecule has 0 aromatic carbocycles. The summed E-state index contributed by atoms with van der Waals surface area (Å²) in [5.74, 6) is 2.79. The molecule has 6 heteroatoms. The maximum atomic E-state index is 6.09. The summed E-state index contributed by atoms with van der Waals surface area (Å²) in [4.78, 5) is 15.4. The zero-order chi connectivity index (χ0) is 13.2. The van der Waals surface area contributed by atoms with E-state index in [2.05, 4.69) is 31.3 Å². The monoisotopic (exact) mass is 277 g/mol. The second-order valence-electron chi connectivity index (χ2n) is 4.67. The van der Waals surface area contributed by atoms with Crippen LogP contribution in [0.1, 0.15) is 25.0 Å². The summed E-state index contributed by atoms with van der Waals surface area (Å²) >= 11 is 6.09. The lowest BCUT2D eigenvalue weighted by molar-refractivity contribution is 0.555. The fraction of sp³-hybridized carbons (Fsp3) is 0.462. The lowest BCUT2D eigenvalue weighted by Crippen LogP contribution is -2.34. The van der Waals surface area contributed by atoms with Gasteiger partial charge in [0.25, 0.3) is 0 Å². The number of imidazole rings is 1. The van der Waals surface area contributed by atoms with Crippen LogP contribution in [0.4, 0.5) is 5.82 Å². The van der Waals surface area contributed by atoms with Gasteiger partial charge in [0.05, 0.1) is 6.54 Å². The standard InChI is InChI=1S/C13H16ClN5/c1-2-3-11-16-10(14)8-12(17-11)19-7-6-18-5-4-15-13(18)9-19/h4-5,8H,2-3,6-7,9H2,1H3. The van der Waals surface area contributed by atoms with Crippen molar-refractivity contribution in [1.82, 2.24) is 19.5 Å². The van der Waals surface area contributed by atoms with Gasteiger partial charge in [-0.1, -0.05) is 18.5 Å². The highest BCUT2D eigenvalue weighted by Gasteiger charge is 2.18. The van der Waals surface area contributed by atoms with Crippen LogP contribution in [0.25, 0.3) is 0 Å². The molecule has 0 aliphatic carbocycles. The molecule has 3 rings (SSSR count). The average molecular weight is 278 g/mol. The number of hydrogen-bond acceptors (Lipinski definition) is 4. The van der Waals surface area contributed by atoms with Gasteiger partial charge in [0, 0.05) is 38.0 Å². The lowest BCUT2D eigenvalue weighted by Gasteiger charge is -2.28. The highest BCUT2D eigenvalue weighted by molar-refractivity contribution is 6.29. The van der Waals surface area contributed by atoms with Crippen molar-refractivity contribution in [2.75, 3.05) is 11.4 Å². The molecule has 2 aromatic rings. The zero-order valence-corrected chi connectivity index (χ0v) is 11.6. The summed E-state index contributed by atoms with van der Waals surface area (Å²) in [6.45, 7) is 4.73. The van der Waals surface area contributed by atoms with Crippen molar-refractivity contribution in [2.45, 2.75) is 32.9 Å². The molecule has 0 radical (unpaired) electrons. The van der Waals surface area contributed by atoms with E-state index in [-0.39, 0.29) is 0 Å². The molecular weight excluding hydrogens is 262 g/mol. The van der Waals surface area contributed by atoms with Crippen LogP contribution in [0.2, 0.25) is 5.15 Å². The van der Waals surface area contributed by atoms with Crippen LogP contribution in [0.3, 0.4) is 0 Å². The average Bonchev–Trinajstić information content (AvgIpc) is 2.85. The van der Waals surface area contributed by atoms with Crippen LogP contribution < -0.4 is 4.90 Å². The van der Waals surface area contributed by atoms with Crippen LogP contribution in [-0.2, 0) is 19.5 Å². The number of fused-ring (bicyclic) bond motifs is 1. The number of nitrogens with zero attached hydrogens (tertiary/aromatic N) is 5. The van der Waals surface area contributed by atoms with Crippen molar-refractivity contribution in [3.63, 3.8) is 0 Å². The van der Waals surface area contributed by atoms with E-state index in [0.29, 0.717) is 5.15 Å². The van der Waals surface area contributed by atoms with Crippen LogP contribution in [-0.4, -0.2) is 26.1 Å². The van der Waals surface area contributed by atoms with Crippen LogP contribution >= 0.6 is 11.6 Å². The van der Waals surface area contributed by atoms with E-state index >= 15 is 0 Å². The highest BCUT2D eigenvalue weighted by atomic mass is 35.5. The predicted octanol–water partition coefficient (Wildman–Crippen LogP) is 2.30. The molecule has 5 nitrogen and oxygen atoms in total. The molecular formula is C13H16ClN5. The first kappa shape index (κ1) is 12.4. The molecule has 0 saturated heterocycles. The van der Waals surface area contributed by atoms with E-state index in [1.54, 1.807) is 0 Å². The number of aryl methyl sites for hydroxylation is 1. The molecule has 19 heavy (non-hydrogen) atoms. The third-order valence-electron chi connectivity index (χ3n) is 3.27. The second kappa shape index (κ2) is 5.17. The van der Waals surface area contributed by atoms with Gasteiger partial charge < -0.3 is 9.47 Å². The maximum Gasteiger partial charge on any atom is 0.134 e. The van der Waals surface area contributed by atoms with Crippen LogP contribution in [0.5, 0.6) is 0 Å². The molecule has 0 atom stereocenters. The first-order valence-electron chi connectivity index (χ1n) is 6.54. The molecule has 0 amide bonds. The first-order valence-corrected chi connectivity index (χ1v) is 6.92. The van der Waals surface area contributed by atoms with Gasteiger partial charge in [-0.15, -0.1) is 0 Å². The lowest BCUT2D eigenvalue weighted by atomic mass is 10.3. The van der Waals surface area contributed by atoms with E-state index in [4.69, 9.17) is 11.6 Å². The Kier molecular flexibility index (Phi) is 3.38. The number of hydrogen-bond donors (Lipinski definition) is 0. The summed E-state index contributed by atoms with van der Waals surface area (Å²) in [5, 5.41) is 0.516. The van der Waals surface area contributed by atoms with E-state index in [1.165, 1.54) is 0 Å². The molecule has 1 aliphatic rings. The Hall–Kier alpha value is -1.62. The molecule has 3 heterocycles. The third-order valence-corrected chi connectivity index (χ3v) is 3.46. The quantitative estimate of drug-likeness (QED) is 0.808. The summed E-state index contributed by atoms with van der Waals surface area (Å²) in [6.07, 6.45) is 5.73. The second-order valence-corrected chi connectivity index (χ2v) is 5.06. The minimum absolute atomic E-state index is 0.516. The van der Waals surface area contributed by atoms with Gasteiger partial charge in [-0.05, 0) is 6.42 Å². The third kappa shape index (κ3) is 2.56. The van der Waals surface area contributed by atoms with Crippen molar-refractivity contribution < 1.29 is 0 Å². The maximum absolute atomic E-state index is 6.09. The molecule has 100 valence electrons. The number of aromatic nitrogens is 4. The fourth-order valence-corrected chi connectivity index (χ4v) is 2.51. The predicted molar refractivity (Wildman–Crippen MR) is 74.3 cm³/mol. The molecule has 1 aliphatic heterocycles. The largest absolute Gasteiger partial charge is 0.347 e. The van der Waals surface area contributed by atoms with Gasteiger partial charge >= 0.3 is 0 Å². The Morgan fingerprint density at radius 2 is 2.21 bits per heavy atom. The van der Waals surface area contributed by atoms with Crippen LogP contribution in [0, 0.1) is 0 Å². The Labute approximate surface area is 117 Å². The van der Waals surface area contributed by atoms with Crippen molar-refractivity contribution in [1.29, 1.82) is 0 Å². The fourth-order valence-electron chi connectivity index (χ4n) is 2.32. The normalized spacial score (nSPS) is 14.5. The number of anilines is 1. The Morgan fingerprint density at radius 3 is 3.05 bits per heavy atom. The van der Waals surface area contributed by atoms with Gasteiger partial charge in [0.2, 0.25) is 0 Å². The highest BCUT2D eigenvalue weighted by Crippen LogP contribution is 2.21. The Bertz CT molecular complexity index is 580. The van der Waals surface area contributed by atoms with Gasteiger partial charge in [0.15, 0.2) is 0 Å². The minimum atomic E-state index is 0.516. The van der Waals surface area contributed by atoms with E-state index in [1.807, 2.05) is 18.5 Å². The molecule has 0 N–H and O–H groups in total. The van der Waals surface area contributed by atoms with Gasteiger partial charge in [-0.2, -0.15) is 0 Å². The molecule has 0 bridgehead atoms. The van der Waals surface area contributed by atoms with E-state index in [9.17, 15) is 0 Å². The summed E-state index contributed by atoms with van der Waals surface area (Å²) in [7, 11) is 0. The van der Waals surface area contributed by atoms with Gasteiger partial charge in [-0.3, -0.25) is 0 Å². The summed E-state index contributed by atoms with van der Waals surface area (Å²) < 4.78 is 2.17. The topological polar surface area (TPSA) is 46.8 Å². The minimum Gasteiger partial charge on any atom is -0.347 e. The van der Waals surface area contributed by atoms with E-state index < -0.39 is 0 Å². The molecule has 0 fully saturated rings.